The zero-order valence-electron chi connectivity index (χ0n) is 14.5. The van der Waals surface area contributed by atoms with Crippen LogP contribution in [0.15, 0.2) is 43.0 Å². The third-order valence-electron chi connectivity index (χ3n) is 4.01. The van der Waals surface area contributed by atoms with Crippen molar-refractivity contribution in [1.29, 1.82) is 0 Å². The predicted molar refractivity (Wildman–Crippen MR) is 94.8 cm³/mol. The second kappa shape index (κ2) is 8.91. The maximum atomic E-state index is 12.5. The molecule has 1 aliphatic heterocycles. The summed E-state index contributed by atoms with van der Waals surface area (Å²) in [5.74, 6) is -2.38. The van der Waals surface area contributed by atoms with Gasteiger partial charge in [-0.25, -0.2) is 9.69 Å². The van der Waals surface area contributed by atoms with E-state index in [4.69, 9.17) is 5.73 Å². The molecule has 0 spiro atoms. The van der Waals surface area contributed by atoms with Gasteiger partial charge in [0.15, 0.2) is 0 Å². The molecule has 0 unspecified atom stereocenters. The first-order chi connectivity index (χ1) is 12.5. The second-order valence-electron chi connectivity index (χ2n) is 5.78. The summed E-state index contributed by atoms with van der Waals surface area (Å²) in [7, 11) is 0. The molecule has 0 atom stereocenters. The summed E-state index contributed by atoms with van der Waals surface area (Å²) in [5, 5.41) is 0. The minimum Gasteiger partial charge on any atom is -0.340 e. The first-order valence-electron chi connectivity index (χ1n) is 8.29. The quantitative estimate of drug-likeness (QED) is 0.380. The summed E-state index contributed by atoms with van der Waals surface area (Å²) < 4.78 is 0. The van der Waals surface area contributed by atoms with Gasteiger partial charge in [-0.15, -0.1) is 6.58 Å². The van der Waals surface area contributed by atoms with Gasteiger partial charge in [0.05, 0.1) is 0 Å². The van der Waals surface area contributed by atoms with Crippen molar-refractivity contribution in [3.05, 3.63) is 48.6 Å². The number of urea groups is 1. The van der Waals surface area contributed by atoms with Gasteiger partial charge in [-0.3, -0.25) is 19.3 Å². The number of benzene rings is 1. The van der Waals surface area contributed by atoms with E-state index in [2.05, 4.69) is 6.58 Å². The maximum Gasteiger partial charge on any atom is 0.335 e. The van der Waals surface area contributed by atoms with Crippen molar-refractivity contribution in [2.45, 2.75) is 6.42 Å². The number of nitrogens with zero attached hydrogens (tertiary/aromatic N) is 3. The Balaban J connectivity index is 2.02. The van der Waals surface area contributed by atoms with Gasteiger partial charge in [0.1, 0.15) is 6.54 Å². The van der Waals surface area contributed by atoms with Gasteiger partial charge >= 0.3 is 17.8 Å². The highest BCUT2D eigenvalue weighted by atomic mass is 16.2. The Bertz CT molecular complexity index is 704. The van der Waals surface area contributed by atoms with E-state index in [1.165, 1.54) is 11.0 Å². The highest BCUT2D eigenvalue weighted by molar-refractivity contribution is 6.45. The van der Waals surface area contributed by atoms with E-state index >= 15 is 0 Å². The Morgan fingerprint density at radius 1 is 1.08 bits per heavy atom. The summed E-state index contributed by atoms with van der Waals surface area (Å²) in [6, 6.07) is 8.82. The molecule has 26 heavy (non-hydrogen) atoms. The van der Waals surface area contributed by atoms with E-state index in [0.717, 1.165) is 10.5 Å². The van der Waals surface area contributed by atoms with Crippen LogP contribution in [-0.2, 0) is 20.8 Å². The molecule has 8 nitrogen and oxygen atoms in total. The highest BCUT2D eigenvalue weighted by Crippen LogP contribution is 2.12. The standard InChI is InChI=1S/C18H22N4O4/c1-2-10-21-16(24)17(25)22(18(21)26)13-15(23)20(12-9-19)11-8-14-6-4-3-5-7-14/h2-7H,1,8-13,19H2. The first kappa shape index (κ1) is 19.3. The van der Waals surface area contributed by atoms with Crippen molar-refractivity contribution in [2.24, 2.45) is 5.73 Å². The number of carbonyl (C=O) groups is 4. The first-order valence-corrected chi connectivity index (χ1v) is 8.29. The van der Waals surface area contributed by atoms with Crippen LogP contribution in [0.1, 0.15) is 5.56 Å². The number of carbonyl (C=O) groups excluding carboxylic acids is 4. The van der Waals surface area contributed by atoms with Crippen molar-refractivity contribution in [2.75, 3.05) is 32.7 Å². The van der Waals surface area contributed by atoms with Crippen LogP contribution in [0.25, 0.3) is 0 Å². The average Bonchev–Trinajstić information content (AvgIpc) is 2.84. The van der Waals surface area contributed by atoms with Gasteiger partial charge in [0.25, 0.3) is 0 Å². The minimum atomic E-state index is -0.999. The fourth-order valence-electron chi connectivity index (χ4n) is 2.64. The summed E-state index contributed by atoms with van der Waals surface area (Å²) in [4.78, 5) is 51.5. The van der Waals surface area contributed by atoms with Crippen LogP contribution in [0.3, 0.4) is 0 Å². The van der Waals surface area contributed by atoms with Gasteiger partial charge < -0.3 is 10.6 Å². The van der Waals surface area contributed by atoms with Crippen molar-refractivity contribution >= 4 is 23.8 Å². The topological polar surface area (TPSA) is 104 Å². The lowest BCUT2D eigenvalue weighted by atomic mass is 10.1. The lowest BCUT2D eigenvalue weighted by Crippen LogP contribution is -2.45. The summed E-state index contributed by atoms with van der Waals surface area (Å²) in [6.45, 7) is 3.84. The predicted octanol–water partition coefficient (Wildman–Crippen LogP) is -0.00680. The molecule has 1 aromatic carbocycles. The van der Waals surface area contributed by atoms with Crippen molar-refractivity contribution < 1.29 is 19.2 Å². The zero-order valence-corrected chi connectivity index (χ0v) is 14.5. The number of hydrogen-bond acceptors (Lipinski definition) is 5. The van der Waals surface area contributed by atoms with Crippen LogP contribution in [0.4, 0.5) is 4.79 Å². The molecule has 0 radical (unpaired) electrons. The Kier molecular flexibility index (Phi) is 6.62. The van der Waals surface area contributed by atoms with Gasteiger partial charge in [-0.2, -0.15) is 0 Å². The van der Waals surface area contributed by atoms with Crippen LogP contribution in [-0.4, -0.2) is 71.2 Å². The number of nitrogens with two attached hydrogens (primary N) is 1. The smallest absolute Gasteiger partial charge is 0.335 e. The largest absolute Gasteiger partial charge is 0.340 e. The van der Waals surface area contributed by atoms with E-state index in [-0.39, 0.29) is 13.1 Å². The van der Waals surface area contributed by atoms with E-state index in [0.29, 0.717) is 24.4 Å². The number of imide groups is 2. The molecular formula is C18H22N4O4. The molecule has 1 aliphatic rings. The van der Waals surface area contributed by atoms with E-state index in [9.17, 15) is 19.2 Å². The van der Waals surface area contributed by atoms with E-state index in [1.807, 2.05) is 30.3 Å². The maximum absolute atomic E-state index is 12.5. The van der Waals surface area contributed by atoms with Gasteiger partial charge in [-0.1, -0.05) is 36.4 Å². The average molecular weight is 358 g/mol. The Labute approximate surface area is 151 Å². The lowest BCUT2D eigenvalue weighted by Gasteiger charge is -2.24. The highest BCUT2D eigenvalue weighted by Gasteiger charge is 2.44. The van der Waals surface area contributed by atoms with Crippen LogP contribution >= 0.6 is 0 Å². The van der Waals surface area contributed by atoms with E-state index in [1.54, 1.807) is 0 Å². The van der Waals surface area contributed by atoms with Crippen LogP contribution in [0.5, 0.6) is 0 Å². The molecule has 0 aliphatic carbocycles. The third kappa shape index (κ3) is 4.34. The van der Waals surface area contributed by atoms with Crippen LogP contribution < -0.4 is 5.73 Å². The lowest BCUT2D eigenvalue weighted by molar-refractivity contribution is -0.144. The van der Waals surface area contributed by atoms with Crippen LogP contribution in [0, 0.1) is 0 Å². The summed E-state index contributed by atoms with van der Waals surface area (Å²) >= 11 is 0. The molecule has 0 bridgehead atoms. The monoisotopic (exact) mass is 358 g/mol. The van der Waals surface area contributed by atoms with Crippen molar-refractivity contribution in [3.8, 4) is 0 Å². The van der Waals surface area contributed by atoms with Gasteiger partial charge in [-0.05, 0) is 12.0 Å². The Morgan fingerprint density at radius 2 is 1.73 bits per heavy atom. The molecular weight excluding hydrogens is 336 g/mol. The fraction of sp³-hybridized carbons (Fsp3) is 0.333. The normalized spacial score (nSPS) is 14.1. The third-order valence-corrected chi connectivity index (χ3v) is 4.01. The Morgan fingerprint density at radius 3 is 2.35 bits per heavy atom. The molecule has 2 rings (SSSR count). The summed E-state index contributed by atoms with van der Waals surface area (Å²) in [6.07, 6.45) is 1.96. The number of hydrogen-bond donors (Lipinski definition) is 1. The molecule has 1 aromatic rings. The molecule has 0 saturated carbocycles. The zero-order chi connectivity index (χ0) is 19.1. The molecule has 5 amide bonds. The van der Waals surface area contributed by atoms with Crippen LogP contribution in [0.2, 0.25) is 0 Å². The molecule has 1 fully saturated rings. The molecule has 8 heteroatoms. The van der Waals surface area contributed by atoms with Gasteiger partial charge in [0.2, 0.25) is 5.91 Å². The molecule has 2 N–H and O–H groups in total. The van der Waals surface area contributed by atoms with Crippen molar-refractivity contribution in [1.82, 2.24) is 14.7 Å². The van der Waals surface area contributed by atoms with Gasteiger partial charge in [0, 0.05) is 26.2 Å². The van der Waals surface area contributed by atoms with E-state index < -0.39 is 30.3 Å². The number of rotatable bonds is 9. The SMILES string of the molecule is C=CCN1C(=O)C(=O)N(CC(=O)N(CCN)CCc2ccccc2)C1=O. The molecule has 1 heterocycles. The number of amides is 5. The fourth-order valence-corrected chi connectivity index (χ4v) is 2.64. The molecule has 0 aromatic heterocycles. The summed E-state index contributed by atoms with van der Waals surface area (Å²) in [5.41, 5.74) is 6.63. The minimum absolute atomic E-state index is 0.0748. The van der Waals surface area contributed by atoms with Crippen molar-refractivity contribution in [3.63, 3.8) is 0 Å². The second-order valence-corrected chi connectivity index (χ2v) is 5.78. The molecule has 138 valence electrons. The Hall–Kier alpha value is -3.00. The molecule has 1 saturated heterocycles.